The number of carbonyl (C=O) groups is 1. The number of aromatic nitrogens is 4. The van der Waals surface area contributed by atoms with E-state index in [0.29, 0.717) is 37.1 Å². The number of rotatable bonds is 8. The van der Waals surface area contributed by atoms with Crippen LogP contribution < -0.4 is 10.9 Å². The van der Waals surface area contributed by atoms with E-state index in [1.807, 2.05) is 30.3 Å². The molecule has 0 radical (unpaired) electrons. The largest absolute Gasteiger partial charge is 0.416 e. The van der Waals surface area contributed by atoms with E-state index in [0.717, 1.165) is 17.7 Å². The summed E-state index contributed by atoms with van der Waals surface area (Å²) in [5.74, 6) is -0.0864. The van der Waals surface area contributed by atoms with Crippen molar-refractivity contribution >= 4 is 16.9 Å². The molecule has 2 heterocycles. The standard InChI is InChI=1S/C24H22F3N5O2/c25-24(26,27)19-8-4-7-18(13-19)15-31-16-29-22-20(23(31)34)14-30-32(22)12-11-28-21(33)10-9-17-5-2-1-3-6-17/h1-8,13-14,16H,9-12,15H2,(H,28,33). The molecule has 0 aliphatic rings. The zero-order valence-electron chi connectivity index (χ0n) is 18.1. The van der Waals surface area contributed by atoms with Crippen molar-refractivity contribution in [2.24, 2.45) is 0 Å². The van der Waals surface area contributed by atoms with Crippen molar-refractivity contribution < 1.29 is 18.0 Å². The van der Waals surface area contributed by atoms with Crippen LogP contribution in [0.2, 0.25) is 0 Å². The minimum Gasteiger partial charge on any atom is -0.354 e. The highest BCUT2D eigenvalue weighted by Gasteiger charge is 2.30. The smallest absolute Gasteiger partial charge is 0.354 e. The summed E-state index contributed by atoms with van der Waals surface area (Å²) in [6, 6.07) is 14.5. The zero-order chi connectivity index (χ0) is 24.1. The molecular formula is C24H22F3N5O2. The van der Waals surface area contributed by atoms with Crippen LogP contribution in [0.5, 0.6) is 0 Å². The Morgan fingerprint density at radius 3 is 2.56 bits per heavy atom. The molecule has 0 spiro atoms. The van der Waals surface area contributed by atoms with Gasteiger partial charge in [0.05, 0.1) is 24.8 Å². The van der Waals surface area contributed by atoms with Gasteiger partial charge in [-0.2, -0.15) is 18.3 Å². The van der Waals surface area contributed by atoms with Crippen LogP contribution in [0.1, 0.15) is 23.1 Å². The van der Waals surface area contributed by atoms with Gasteiger partial charge in [-0.25, -0.2) is 9.67 Å². The molecule has 7 nitrogen and oxygen atoms in total. The lowest BCUT2D eigenvalue weighted by atomic mass is 10.1. The van der Waals surface area contributed by atoms with Crippen molar-refractivity contribution in [3.8, 4) is 0 Å². The van der Waals surface area contributed by atoms with E-state index in [-0.39, 0.29) is 17.8 Å². The predicted octanol–water partition coefficient (Wildman–Crippen LogP) is 3.41. The second-order valence-electron chi connectivity index (χ2n) is 7.82. The highest BCUT2D eigenvalue weighted by molar-refractivity contribution is 5.76. The fourth-order valence-corrected chi connectivity index (χ4v) is 3.61. The number of carbonyl (C=O) groups excluding carboxylic acids is 1. The van der Waals surface area contributed by atoms with Gasteiger partial charge in [0.15, 0.2) is 5.65 Å². The molecule has 0 bridgehead atoms. The first-order valence-electron chi connectivity index (χ1n) is 10.7. The quantitative estimate of drug-likeness (QED) is 0.429. The van der Waals surface area contributed by atoms with Gasteiger partial charge in [0, 0.05) is 13.0 Å². The summed E-state index contributed by atoms with van der Waals surface area (Å²) >= 11 is 0. The van der Waals surface area contributed by atoms with Gasteiger partial charge in [-0.3, -0.25) is 14.2 Å². The van der Waals surface area contributed by atoms with Crippen LogP contribution in [-0.4, -0.2) is 31.8 Å². The van der Waals surface area contributed by atoms with Gasteiger partial charge in [0.1, 0.15) is 11.7 Å². The Hall–Kier alpha value is -3.95. The first-order valence-corrected chi connectivity index (χ1v) is 10.7. The SMILES string of the molecule is O=C(CCc1ccccc1)NCCn1ncc2c(=O)n(Cc3cccc(C(F)(F)F)c3)cnc21. The number of hydrogen-bond acceptors (Lipinski definition) is 4. The number of benzene rings is 2. The molecule has 0 saturated carbocycles. The van der Waals surface area contributed by atoms with Crippen LogP contribution in [0.25, 0.3) is 11.0 Å². The van der Waals surface area contributed by atoms with E-state index in [9.17, 15) is 22.8 Å². The molecule has 0 atom stereocenters. The molecule has 0 aliphatic heterocycles. The van der Waals surface area contributed by atoms with Gasteiger partial charge < -0.3 is 5.32 Å². The number of nitrogens with one attached hydrogen (secondary N) is 1. The fourth-order valence-electron chi connectivity index (χ4n) is 3.61. The lowest BCUT2D eigenvalue weighted by Crippen LogP contribution is -2.28. The molecule has 0 aliphatic carbocycles. The molecule has 1 amide bonds. The topological polar surface area (TPSA) is 81.8 Å². The average molecular weight is 469 g/mol. The van der Waals surface area contributed by atoms with Gasteiger partial charge in [-0.1, -0.05) is 42.5 Å². The molecule has 4 rings (SSSR count). The summed E-state index contributed by atoms with van der Waals surface area (Å²) < 4.78 is 41.6. The third kappa shape index (κ3) is 5.51. The van der Waals surface area contributed by atoms with Gasteiger partial charge in [-0.05, 0) is 29.7 Å². The second-order valence-corrected chi connectivity index (χ2v) is 7.82. The summed E-state index contributed by atoms with van der Waals surface area (Å²) in [5, 5.41) is 7.27. The van der Waals surface area contributed by atoms with Crippen molar-refractivity contribution in [2.45, 2.75) is 32.1 Å². The Morgan fingerprint density at radius 1 is 1.03 bits per heavy atom. The first kappa shape index (κ1) is 23.2. The second kappa shape index (κ2) is 9.90. The lowest BCUT2D eigenvalue weighted by Gasteiger charge is -2.10. The normalized spacial score (nSPS) is 11.6. The number of halogens is 3. The maximum atomic E-state index is 13.0. The van der Waals surface area contributed by atoms with E-state index in [1.165, 1.54) is 33.9 Å². The number of hydrogen-bond donors (Lipinski definition) is 1. The maximum Gasteiger partial charge on any atom is 0.416 e. The molecule has 34 heavy (non-hydrogen) atoms. The van der Waals surface area contributed by atoms with Crippen LogP contribution in [-0.2, 0) is 30.5 Å². The summed E-state index contributed by atoms with van der Waals surface area (Å²) in [6.07, 6.45) is -0.778. The summed E-state index contributed by atoms with van der Waals surface area (Å²) in [7, 11) is 0. The lowest BCUT2D eigenvalue weighted by molar-refractivity contribution is -0.137. The number of amides is 1. The van der Waals surface area contributed by atoms with E-state index in [4.69, 9.17) is 0 Å². The minimum absolute atomic E-state index is 0.0473. The van der Waals surface area contributed by atoms with Crippen molar-refractivity contribution in [3.63, 3.8) is 0 Å². The molecule has 0 unspecified atom stereocenters. The summed E-state index contributed by atoms with van der Waals surface area (Å²) in [4.78, 5) is 29.2. The number of alkyl halides is 3. The summed E-state index contributed by atoms with van der Waals surface area (Å²) in [5.41, 5.74) is 0.597. The fraction of sp³-hybridized carbons (Fsp3) is 0.250. The zero-order valence-corrected chi connectivity index (χ0v) is 18.1. The summed E-state index contributed by atoms with van der Waals surface area (Å²) in [6.45, 7) is 0.596. The van der Waals surface area contributed by atoms with Gasteiger partial charge in [0.2, 0.25) is 5.91 Å². The van der Waals surface area contributed by atoms with E-state index >= 15 is 0 Å². The molecule has 176 valence electrons. The van der Waals surface area contributed by atoms with E-state index in [1.54, 1.807) is 0 Å². The van der Waals surface area contributed by atoms with Crippen molar-refractivity contribution in [1.82, 2.24) is 24.6 Å². The molecule has 2 aromatic heterocycles. The molecule has 0 saturated heterocycles. The van der Waals surface area contributed by atoms with Crippen LogP contribution in [0.4, 0.5) is 13.2 Å². The third-order valence-electron chi connectivity index (χ3n) is 5.36. The van der Waals surface area contributed by atoms with Crippen molar-refractivity contribution in [2.75, 3.05) is 6.54 Å². The van der Waals surface area contributed by atoms with Crippen LogP contribution >= 0.6 is 0 Å². The molecule has 10 heteroatoms. The third-order valence-corrected chi connectivity index (χ3v) is 5.36. The maximum absolute atomic E-state index is 13.0. The van der Waals surface area contributed by atoms with Gasteiger partial charge >= 0.3 is 6.18 Å². The first-order chi connectivity index (χ1) is 16.3. The Bertz CT molecular complexity index is 1350. The molecule has 1 N–H and O–H groups in total. The molecular weight excluding hydrogens is 447 g/mol. The van der Waals surface area contributed by atoms with Crippen molar-refractivity contribution in [3.05, 3.63) is 94.2 Å². The monoisotopic (exact) mass is 469 g/mol. The number of fused-ring (bicyclic) bond motifs is 1. The Morgan fingerprint density at radius 2 is 1.79 bits per heavy atom. The van der Waals surface area contributed by atoms with Crippen LogP contribution in [0.3, 0.4) is 0 Å². The highest BCUT2D eigenvalue weighted by Crippen LogP contribution is 2.29. The molecule has 2 aromatic carbocycles. The van der Waals surface area contributed by atoms with Crippen molar-refractivity contribution in [1.29, 1.82) is 0 Å². The van der Waals surface area contributed by atoms with E-state index in [2.05, 4.69) is 15.4 Å². The number of nitrogens with zero attached hydrogens (tertiary/aromatic N) is 4. The van der Waals surface area contributed by atoms with Gasteiger partial charge in [0.25, 0.3) is 5.56 Å². The average Bonchev–Trinajstić information content (AvgIpc) is 3.23. The molecule has 0 fully saturated rings. The molecule has 4 aromatic rings. The number of aryl methyl sites for hydroxylation is 1. The van der Waals surface area contributed by atoms with Gasteiger partial charge in [-0.15, -0.1) is 0 Å². The predicted molar refractivity (Wildman–Crippen MR) is 120 cm³/mol. The Labute approximate surface area is 192 Å². The minimum atomic E-state index is -4.46. The van der Waals surface area contributed by atoms with E-state index < -0.39 is 17.3 Å². The Balaban J connectivity index is 1.38. The van der Waals surface area contributed by atoms with Crippen LogP contribution in [0, 0.1) is 0 Å². The highest BCUT2D eigenvalue weighted by atomic mass is 19.4. The Kier molecular flexibility index (Phi) is 6.76. The van der Waals surface area contributed by atoms with Crippen LogP contribution in [0.15, 0.2) is 71.9 Å².